The Morgan fingerprint density at radius 2 is 1.50 bits per heavy atom. The summed E-state index contributed by atoms with van der Waals surface area (Å²) >= 11 is 3.99. The Morgan fingerprint density at radius 1 is 1.00 bits per heavy atom. The van der Waals surface area contributed by atoms with E-state index in [0.717, 1.165) is 24.3 Å². The summed E-state index contributed by atoms with van der Waals surface area (Å²) in [7, 11) is 3.41. The molecule has 0 aliphatic rings. The molecule has 0 aliphatic carbocycles. The molecular weight excluding hydrogens is 451 g/mol. The van der Waals surface area contributed by atoms with Gasteiger partial charge in [0.25, 0.3) is 0 Å². The zero-order valence-corrected chi connectivity index (χ0v) is 18.6. The Kier molecular flexibility index (Phi) is 8.10. The van der Waals surface area contributed by atoms with Crippen LogP contribution >= 0.6 is 4.64 Å². The minimum absolute atomic E-state index is 0.436. The van der Waals surface area contributed by atoms with Gasteiger partial charge in [-0.3, -0.25) is 0 Å². The van der Waals surface area contributed by atoms with Crippen molar-refractivity contribution >= 4 is 34.9 Å². The molecule has 0 saturated heterocycles. The molecule has 0 spiro atoms. The number of hydrogen-bond donors (Lipinski definition) is 1. The van der Waals surface area contributed by atoms with Crippen LogP contribution in [0.25, 0.3) is 0 Å². The third-order valence-corrected chi connectivity index (χ3v) is 17.3. The fraction of sp³-hybridized carbons (Fsp3) is 0.333. The summed E-state index contributed by atoms with van der Waals surface area (Å²) in [5.74, 6) is 1.84. The molecule has 0 unspecified atom stereocenters. The van der Waals surface area contributed by atoms with Crippen LogP contribution in [0, 0.1) is 0 Å². The molecule has 6 heteroatoms. The van der Waals surface area contributed by atoms with Crippen molar-refractivity contribution in [3.63, 3.8) is 0 Å². The molecule has 3 N–H and O–H groups in total. The molecule has 2 rings (SSSR count). The number of methoxy groups -OCH3 is 2. The molecule has 2 aromatic carbocycles. The zero-order chi connectivity index (χ0) is 17.4. The van der Waals surface area contributed by atoms with Crippen molar-refractivity contribution in [3.05, 3.63) is 59.7 Å². The molecular formula is C18H25NO2PSe2+2. The normalized spacial score (nSPS) is 13.3. The van der Waals surface area contributed by atoms with E-state index in [9.17, 15) is 0 Å². The van der Waals surface area contributed by atoms with Crippen LogP contribution in [0.3, 0.4) is 0 Å². The first-order chi connectivity index (χ1) is 11.6. The second-order valence-electron chi connectivity index (χ2n) is 5.59. The van der Waals surface area contributed by atoms with Crippen LogP contribution in [0.15, 0.2) is 48.5 Å². The second-order valence-corrected chi connectivity index (χ2v) is 22.3. The van der Waals surface area contributed by atoms with Crippen LogP contribution in [0.4, 0.5) is 0 Å². The van der Waals surface area contributed by atoms with Crippen LogP contribution in [0.1, 0.15) is 11.1 Å². The Hall–Kier alpha value is -0.531. The van der Waals surface area contributed by atoms with E-state index >= 15 is 0 Å². The quantitative estimate of drug-likeness (QED) is 0.344. The maximum absolute atomic E-state index is 5.22. The first-order valence-corrected chi connectivity index (χ1v) is 15.7. The number of rotatable bonds is 9. The van der Waals surface area contributed by atoms with Gasteiger partial charge in [0.05, 0.1) is 0 Å². The number of quaternary nitrogens is 1. The SMILES string of the molecule is COc1ccc(CC[P+]([Se-])(CCc2ccc([O+]C)cc2)[Se][NH3+])cc1. The predicted molar refractivity (Wildman–Crippen MR) is 104 cm³/mol. The molecule has 0 aromatic heterocycles. The summed E-state index contributed by atoms with van der Waals surface area (Å²) < 4.78 is 13.7. The first kappa shape index (κ1) is 19.8. The van der Waals surface area contributed by atoms with E-state index in [4.69, 9.17) is 9.47 Å². The van der Waals surface area contributed by atoms with Gasteiger partial charge in [-0.1, -0.05) is 0 Å². The molecule has 0 amide bonds. The Labute approximate surface area is 159 Å². The van der Waals surface area contributed by atoms with Gasteiger partial charge in [-0.2, -0.15) is 0 Å². The molecule has 3 nitrogen and oxygen atoms in total. The average Bonchev–Trinajstić information content (AvgIpc) is 2.65. The van der Waals surface area contributed by atoms with Crippen LogP contribution < -0.4 is 14.2 Å². The molecule has 0 heterocycles. The van der Waals surface area contributed by atoms with E-state index in [-0.39, 0.29) is 0 Å². The summed E-state index contributed by atoms with van der Waals surface area (Å²) in [5.41, 5.74) is 2.76. The van der Waals surface area contributed by atoms with Gasteiger partial charge >= 0.3 is 160 Å². The fourth-order valence-corrected chi connectivity index (χ4v) is 8.03. The van der Waals surface area contributed by atoms with E-state index < -0.39 is 4.64 Å². The molecule has 2 aromatic rings. The summed E-state index contributed by atoms with van der Waals surface area (Å²) in [6.45, 7) is 0. The standard InChI is InChI=1S/C18H24NO2PSe2/c1-20-17-7-3-15(4-8-17)11-13-22(23,24-19)14-12-16-5-9-18(21-2)10-6-16/h3-10H,11-14,19H2,1-2H3/q+1/p+1. The van der Waals surface area contributed by atoms with E-state index in [0.29, 0.717) is 14.7 Å². The van der Waals surface area contributed by atoms with Gasteiger partial charge in [-0.25, -0.2) is 0 Å². The van der Waals surface area contributed by atoms with Crippen LogP contribution in [-0.2, 0) is 12.8 Å². The third-order valence-electron chi connectivity index (χ3n) is 4.04. The van der Waals surface area contributed by atoms with Crippen LogP contribution in [-0.4, -0.2) is 56.8 Å². The van der Waals surface area contributed by atoms with Crippen molar-refractivity contribution in [2.75, 3.05) is 26.5 Å². The van der Waals surface area contributed by atoms with Crippen molar-refractivity contribution in [2.24, 2.45) is 0 Å². The third kappa shape index (κ3) is 6.08. The van der Waals surface area contributed by atoms with E-state index in [1.54, 1.807) is 14.2 Å². The van der Waals surface area contributed by atoms with Gasteiger partial charge in [0, 0.05) is 0 Å². The van der Waals surface area contributed by atoms with Crippen molar-refractivity contribution in [1.29, 1.82) is 0 Å². The Morgan fingerprint density at radius 3 is 1.92 bits per heavy atom. The summed E-state index contributed by atoms with van der Waals surface area (Å²) in [6.07, 6.45) is 4.70. The second kappa shape index (κ2) is 9.82. The number of ether oxygens (including phenoxy) is 2. The number of aryl methyl sites for hydroxylation is 2. The maximum atomic E-state index is 5.22. The molecule has 0 fully saturated rings. The first-order valence-electron chi connectivity index (χ1n) is 7.86. The molecule has 0 bridgehead atoms. The molecule has 0 atom stereocenters. The zero-order valence-electron chi connectivity index (χ0n) is 14.2. The fourth-order valence-electron chi connectivity index (χ4n) is 2.42. The molecule has 0 saturated carbocycles. The average molecular weight is 476 g/mol. The van der Waals surface area contributed by atoms with Gasteiger partial charge in [-0.05, 0) is 0 Å². The van der Waals surface area contributed by atoms with Gasteiger partial charge < -0.3 is 0 Å². The molecule has 0 aliphatic heterocycles. The van der Waals surface area contributed by atoms with E-state index in [1.165, 1.54) is 23.5 Å². The van der Waals surface area contributed by atoms with Crippen LogP contribution in [0.5, 0.6) is 11.5 Å². The van der Waals surface area contributed by atoms with Crippen molar-refractivity contribution in [2.45, 2.75) is 12.8 Å². The molecule has 129 valence electrons. The Balaban J connectivity index is 1.89. The predicted octanol–water partition coefficient (Wildman–Crippen LogP) is 2.37. The summed E-state index contributed by atoms with van der Waals surface area (Å²) in [6, 6.07) is 16.9. The molecule has 1 radical (unpaired) electrons. The van der Waals surface area contributed by atoms with E-state index in [2.05, 4.69) is 44.6 Å². The minimum atomic E-state index is -1.05. The Bertz CT molecular complexity index is 568. The monoisotopic (exact) mass is 478 g/mol. The van der Waals surface area contributed by atoms with Gasteiger partial charge in [0.15, 0.2) is 0 Å². The number of benzene rings is 2. The van der Waals surface area contributed by atoms with Gasteiger partial charge in [-0.15, -0.1) is 0 Å². The number of hydrogen-bond acceptors (Lipinski definition) is 2. The topological polar surface area (TPSA) is 48.2 Å². The summed E-state index contributed by atoms with van der Waals surface area (Å²) in [5, 5.41) is 0. The van der Waals surface area contributed by atoms with Crippen molar-refractivity contribution in [1.82, 2.24) is 0 Å². The van der Waals surface area contributed by atoms with Gasteiger partial charge in [0.2, 0.25) is 0 Å². The van der Waals surface area contributed by atoms with Crippen molar-refractivity contribution < 1.29 is 14.2 Å². The summed E-state index contributed by atoms with van der Waals surface area (Å²) in [4.78, 5) is 0. The van der Waals surface area contributed by atoms with Gasteiger partial charge in [0.1, 0.15) is 0 Å². The van der Waals surface area contributed by atoms with Crippen LogP contribution in [0.2, 0.25) is 0 Å². The van der Waals surface area contributed by atoms with E-state index in [1.807, 2.05) is 24.3 Å². The molecule has 24 heavy (non-hydrogen) atoms. The van der Waals surface area contributed by atoms with Crippen molar-refractivity contribution in [3.8, 4) is 11.5 Å².